The standard InChI is InChI=1S/C24H22ClNO5/c1-2-11-31-20-10-9-14(25)12-15(20)22-23-16(5-3-7-18(23)27)26(13-21(29)30)17-6-4-8-19(28)24(17)22/h1,9-10,12,22H,3-8,11,13H2,(H,29,30). The lowest BCUT2D eigenvalue weighted by Crippen LogP contribution is -2.41. The lowest BCUT2D eigenvalue weighted by Gasteiger charge is -2.43. The van der Waals surface area contributed by atoms with Crippen LogP contribution in [0.25, 0.3) is 0 Å². The zero-order valence-electron chi connectivity index (χ0n) is 16.9. The quantitative estimate of drug-likeness (QED) is 0.701. The van der Waals surface area contributed by atoms with Crippen LogP contribution in [-0.2, 0) is 14.4 Å². The molecular weight excluding hydrogens is 418 g/mol. The van der Waals surface area contributed by atoms with E-state index in [0.29, 0.717) is 77.4 Å². The van der Waals surface area contributed by atoms with E-state index in [4.69, 9.17) is 22.8 Å². The number of carbonyl (C=O) groups is 3. The third kappa shape index (κ3) is 3.86. The third-order valence-corrected chi connectivity index (χ3v) is 6.21. The molecule has 1 aromatic rings. The molecule has 3 aliphatic rings. The van der Waals surface area contributed by atoms with Crippen molar-refractivity contribution in [3.8, 4) is 18.1 Å². The summed E-state index contributed by atoms with van der Waals surface area (Å²) in [6.45, 7) is -0.243. The molecule has 7 heteroatoms. The number of carboxylic acids is 1. The molecule has 1 aliphatic heterocycles. The SMILES string of the molecule is C#CCOc1ccc(Cl)cc1C1C2=C(CCCC2=O)N(CC(=O)O)C2=C1C(=O)CCC2. The number of nitrogens with zero attached hydrogens (tertiary/aromatic N) is 1. The Morgan fingerprint density at radius 3 is 2.29 bits per heavy atom. The molecule has 160 valence electrons. The summed E-state index contributed by atoms with van der Waals surface area (Å²) in [5.74, 6) is 1.11. The number of allylic oxidation sites excluding steroid dienone is 4. The van der Waals surface area contributed by atoms with E-state index < -0.39 is 11.9 Å². The van der Waals surface area contributed by atoms with Crippen LogP contribution in [0.5, 0.6) is 5.75 Å². The highest BCUT2D eigenvalue weighted by Gasteiger charge is 2.44. The molecular formula is C24H22ClNO5. The zero-order chi connectivity index (χ0) is 22.1. The van der Waals surface area contributed by atoms with Crippen molar-refractivity contribution in [3.63, 3.8) is 0 Å². The van der Waals surface area contributed by atoms with Crippen LogP contribution in [0.3, 0.4) is 0 Å². The van der Waals surface area contributed by atoms with Gasteiger partial charge in [-0.2, -0.15) is 0 Å². The highest BCUT2D eigenvalue weighted by atomic mass is 35.5. The van der Waals surface area contributed by atoms with Gasteiger partial charge in [0, 0.05) is 51.9 Å². The molecule has 0 unspecified atom stereocenters. The molecule has 6 nitrogen and oxygen atoms in total. The largest absolute Gasteiger partial charge is 0.481 e. The Bertz CT molecular complexity index is 1030. The normalized spacial score (nSPS) is 19.2. The Balaban J connectivity index is 1.98. The van der Waals surface area contributed by atoms with Crippen LogP contribution in [-0.4, -0.2) is 40.7 Å². The first kappa shape index (κ1) is 21.2. The van der Waals surface area contributed by atoms with Gasteiger partial charge >= 0.3 is 5.97 Å². The van der Waals surface area contributed by atoms with E-state index in [1.165, 1.54) is 0 Å². The predicted octanol–water partition coefficient (Wildman–Crippen LogP) is 3.85. The van der Waals surface area contributed by atoms with Gasteiger partial charge in [0.1, 0.15) is 18.9 Å². The Kier molecular flexibility index (Phi) is 5.88. The Morgan fingerprint density at radius 1 is 1.13 bits per heavy atom. The van der Waals surface area contributed by atoms with Crippen molar-refractivity contribution < 1.29 is 24.2 Å². The van der Waals surface area contributed by atoms with E-state index in [9.17, 15) is 19.5 Å². The second kappa shape index (κ2) is 8.60. The van der Waals surface area contributed by atoms with Gasteiger partial charge in [0.2, 0.25) is 0 Å². The lowest BCUT2D eigenvalue weighted by molar-refractivity contribution is -0.138. The summed E-state index contributed by atoms with van der Waals surface area (Å²) in [6, 6.07) is 5.08. The van der Waals surface area contributed by atoms with Crippen molar-refractivity contribution in [1.29, 1.82) is 0 Å². The van der Waals surface area contributed by atoms with Gasteiger partial charge in [0.15, 0.2) is 11.6 Å². The van der Waals surface area contributed by atoms with Crippen molar-refractivity contribution in [2.75, 3.05) is 13.2 Å². The number of rotatable bonds is 5. The first-order valence-electron chi connectivity index (χ1n) is 10.3. The maximum Gasteiger partial charge on any atom is 0.323 e. The fourth-order valence-corrected chi connectivity index (χ4v) is 5.03. The summed E-state index contributed by atoms with van der Waals surface area (Å²) in [4.78, 5) is 39.6. The topological polar surface area (TPSA) is 83.9 Å². The first-order chi connectivity index (χ1) is 14.9. The number of carbonyl (C=O) groups excluding carboxylic acids is 2. The molecule has 0 spiro atoms. The summed E-state index contributed by atoms with van der Waals surface area (Å²) in [5.41, 5.74) is 2.96. The maximum absolute atomic E-state index is 13.2. The summed E-state index contributed by atoms with van der Waals surface area (Å²) in [5, 5.41) is 9.98. The monoisotopic (exact) mass is 439 g/mol. The van der Waals surface area contributed by atoms with E-state index in [-0.39, 0.29) is 24.7 Å². The summed E-state index contributed by atoms with van der Waals surface area (Å²) >= 11 is 6.30. The molecule has 0 saturated heterocycles. The Morgan fingerprint density at radius 2 is 1.74 bits per heavy atom. The van der Waals surface area contributed by atoms with E-state index in [1.54, 1.807) is 23.1 Å². The van der Waals surface area contributed by atoms with Crippen LogP contribution in [0.4, 0.5) is 0 Å². The number of halogens is 1. The number of terminal acetylenes is 1. The number of carboxylic acid groups (broad SMARTS) is 1. The molecule has 0 bridgehead atoms. The summed E-state index contributed by atoms with van der Waals surface area (Å²) in [6.07, 6.45) is 8.53. The van der Waals surface area contributed by atoms with Gasteiger partial charge in [-0.15, -0.1) is 6.42 Å². The number of benzene rings is 1. The molecule has 0 atom stereocenters. The van der Waals surface area contributed by atoms with Crippen molar-refractivity contribution in [2.24, 2.45) is 0 Å². The Labute approximate surface area is 185 Å². The molecule has 2 aliphatic carbocycles. The van der Waals surface area contributed by atoms with Gasteiger partial charge in [0.05, 0.1) is 0 Å². The number of ether oxygens (including phenoxy) is 1. The minimum absolute atomic E-state index is 0.0339. The van der Waals surface area contributed by atoms with Crippen LogP contribution >= 0.6 is 11.6 Å². The van der Waals surface area contributed by atoms with Crippen molar-refractivity contribution in [3.05, 3.63) is 51.3 Å². The second-order valence-electron chi connectivity index (χ2n) is 7.86. The minimum atomic E-state index is -1.01. The highest BCUT2D eigenvalue weighted by molar-refractivity contribution is 6.30. The minimum Gasteiger partial charge on any atom is -0.481 e. The molecule has 1 heterocycles. The smallest absolute Gasteiger partial charge is 0.323 e. The van der Waals surface area contributed by atoms with Crippen LogP contribution in [0.1, 0.15) is 50.0 Å². The van der Waals surface area contributed by atoms with Gasteiger partial charge in [-0.3, -0.25) is 14.4 Å². The number of ketones is 2. The van der Waals surface area contributed by atoms with Gasteiger partial charge in [0.25, 0.3) is 0 Å². The predicted molar refractivity (Wildman–Crippen MR) is 115 cm³/mol. The average Bonchev–Trinajstić information content (AvgIpc) is 2.73. The zero-order valence-corrected chi connectivity index (χ0v) is 17.7. The molecule has 1 N–H and O–H groups in total. The van der Waals surface area contributed by atoms with Crippen molar-refractivity contribution in [1.82, 2.24) is 4.90 Å². The number of hydrogen-bond donors (Lipinski definition) is 1. The first-order valence-corrected chi connectivity index (χ1v) is 10.7. The second-order valence-corrected chi connectivity index (χ2v) is 8.30. The summed E-state index contributed by atoms with van der Waals surface area (Å²) < 4.78 is 5.75. The van der Waals surface area contributed by atoms with E-state index in [0.717, 1.165) is 0 Å². The van der Waals surface area contributed by atoms with E-state index in [1.807, 2.05) is 0 Å². The molecule has 4 rings (SSSR count). The number of aliphatic carboxylic acids is 1. The van der Waals surface area contributed by atoms with E-state index >= 15 is 0 Å². The third-order valence-electron chi connectivity index (χ3n) is 5.97. The molecule has 0 aromatic heterocycles. The molecule has 0 saturated carbocycles. The van der Waals surface area contributed by atoms with Gasteiger partial charge in [-0.1, -0.05) is 17.5 Å². The van der Waals surface area contributed by atoms with Crippen molar-refractivity contribution >= 4 is 29.1 Å². The van der Waals surface area contributed by atoms with Gasteiger partial charge < -0.3 is 14.7 Å². The summed E-state index contributed by atoms with van der Waals surface area (Å²) in [7, 11) is 0. The van der Waals surface area contributed by atoms with Gasteiger partial charge in [-0.05, 0) is 43.9 Å². The van der Waals surface area contributed by atoms with Crippen LogP contribution in [0, 0.1) is 12.3 Å². The number of Topliss-reactive ketones (excluding diaryl/α,β-unsaturated/α-hetero) is 2. The number of hydrogen-bond acceptors (Lipinski definition) is 5. The molecule has 1 aromatic carbocycles. The molecule has 31 heavy (non-hydrogen) atoms. The highest BCUT2D eigenvalue weighted by Crippen LogP contribution is 2.51. The molecule has 0 radical (unpaired) electrons. The van der Waals surface area contributed by atoms with Gasteiger partial charge in [-0.25, -0.2) is 0 Å². The fourth-order valence-electron chi connectivity index (χ4n) is 4.85. The van der Waals surface area contributed by atoms with Crippen molar-refractivity contribution in [2.45, 2.75) is 44.4 Å². The van der Waals surface area contributed by atoms with Crippen LogP contribution in [0.15, 0.2) is 40.7 Å². The fraction of sp³-hybridized carbons (Fsp3) is 0.375. The van der Waals surface area contributed by atoms with Crippen LogP contribution < -0.4 is 4.74 Å². The Hall–Kier alpha value is -3.04. The molecule has 0 fully saturated rings. The lowest BCUT2D eigenvalue weighted by atomic mass is 9.70. The maximum atomic E-state index is 13.2. The molecule has 0 amide bonds. The average molecular weight is 440 g/mol. The van der Waals surface area contributed by atoms with E-state index in [2.05, 4.69) is 5.92 Å². The van der Waals surface area contributed by atoms with Crippen LogP contribution in [0.2, 0.25) is 5.02 Å².